The summed E-state index contributed by atoms with van der Waals surface area (Å²) in [5, 5.41) is 3.95. The fourth-order valence-electron chi connectivity index (χ4n) is 4.31. The third-order valence-electron chi connectivity index (χ3n) is 5.34. The zero-order chi connectivity index (χ0) is 17.5. The van der Waals surface area contributed by atoms with Gasteiger partial charge in [0.05, 0.1) is 15.3 Å². The van der Waals surface area contributed by atoms with Crippen LogP contribution in [0.1, 0.15) is 0 Å². The molecule has 0 atom stereocenters. The molecule has 5 aromatic rings. The summed E-state index contributed by atoms with van der Waals surface area (Å²) in [4.78, 5) is 4.30. The Bertz CT molecular complexity index is 1490. The number of fused-ring (bicyclic) bond motifs is 10. The third-order valence-corrected chi connectivity index (χ3v) is 7.24. The van der Waals surface area contributed by atoms with Crippen LogP contribution in [0.3, 0.4) is 0 Å². The van der Waals surface area contributed by atoms with Gasteiger partial charge >= 0.3 is 0 Å². The number of aromatic amines is 1. The number of nitrogens with one attached hydrogen (secondary N) is 1. The van der Waals surface area contributed by atoms with Crippen molar-refractivity contribution in [2.45, 2.75) is 9.79 Å². The van der Waals surface area contributed by atoms with Crippen LogP contribution in [0.2, 0.25) is 0 Å². The molecule has 4 heteroatoms. The lowest BCUT2D eigenvalue weighted by Crippen LogP contribution is -1.97. The van der Waals surface area contributed by atoms with Crippen molar-refractivity contribution < 1.29 is 8.42 Å². The summed E-state index contributed by atoms with van der Waals surface area (Å²) in [6.07, 6.45) is 0. The Balaban J connectivity index is 2.03. The van der Waals surface area contributed by atoms with E-state index in [0.29, 0.717) is 9.79 Å². The number of rotatable bonds is 0. The van der Waals surface area contributed by atoms with Gasteiger partial charge in [-0.05, 0) is 17.5 Å². The van der Waals surface area contributed by atoms with Crippen LogP contribution in [0.5, 0.6) is 0 Å². The minimum atomic E-state index is -3.54. The first-order valence-corrected chi connectivity index (χ1v) is 9.96. The molecule has 0 saturated heterocycles. The van der Waals surface area contributed by atoms with Gasteiger partial charge < -0.3 is 4.98 Å². The second-order valence-corrected chi connectivity index (χ2v) is 8.52. The number of hydrogen-bond donors (Lipinski definition) is 1. The number of sulfone groups is 1. The van der Waals surface area contributed by atoms with E-state index in [1.54, 1.807) is 12.1 Å². The SMILES string of the molecule is O=S1(=O)c2ccccc2-c2c1c1ccccc1c1c2[nH]c2ccccc21. The Hall–Kier alpha value is -3.11. The highest BCUT2D eigenvalue weighted by atomic mass is 32.2. The molecular weight excluding hydrogens is 342 g/mol. The summed E-state index contributed by atoms with van der Waals surface area (Å²) in [5.74, 6) is 0. The van der Waals surface area contributed by atoms with Gasteiger partial charge in [0, 0.05) is 32.8 Å². The zero-order valence-electron chi connectivity index (χ0n) is 13.7. The van der Waals surface area contributed by atoms with Crippen LogP contribution in [0.25, 0.3) is 43.7 Å². The average Bonchev–Trinajstić information content (AvgIpc) is 3.16. The molecule has 1 N–H and O–H groups in total. The maximum Gasteiger partial charge on any atom is 0.208 e. The van der Waals surface area contributed by atoms with E-state index >= 15 is 0 Å². The largest absolute Gasteiger partial charge is 0.354 e. The van der Waals surface area contributed by atoms with E-state index in [1.807, 2.05) is 54.6 Å². The van der Waals surface area contributed by atoms with E-state index in [4.69, 9.17) is 0 Å². The van der Waals surface area contributed by atoms with Gasteiger partial charge in [0.25, 0.3) is 0 Å². The normalized spacial score (nSPS) is 14.8. The minimum absolute atomic E-state index is 0.395. The molecule has 6 rings (SSSR count). The van der Waals surface area contributed by atoms with Gasteiger partial charge in [-0.25, -0.2) is 8.42 Å². The van der Waals surface area contributed by atoms with E-state index in [1.165, 1.54) is 0 Å². The smallest absolute Gasteiger partial charge is 0.208 e. The van der Waals surface area contributed by atoms with Crippen molar-refractivity contribution in [2.75, 3.05) is 0 Å². The number of H-pyrrole nitrogens is 1. The number of para-hydroxylation sites is 1. The topological polar surface area (TPSA) is 49.9 Å². The summed E-state index contributed by atoms with van der Waals surface area (Å²) in [5.41, 5.74) is 3.49. The molecule has 1 aliphatic rings. The van der Waals surface area contributed by atoms with Crippen LogP contribution in [0, 0.1) is 0 Å². The van der Waals surface area contributed by atoms with Crippen molar-refractivity contribution >= 4 is 42.4 Å². The molecule has 1 aromatic heterocycles. The highest BCUT2D eigenvalue weighted by molar-refractivity contribution is 7.92. The quantitative estimate of drug-likeness (QED) is 0.403. The van der Waals surface area contributed by atoms with Crippen molar-refractivity contribution in [3.8, 4) is 11.1 Å². The summed E-state index contributed by atoms with van der Waals surface area (Å²) >= 11 is 0. The minimum Gasteiger partial charge on any atom is -0.354 e. The first-order valence-electron chi connectivity index (χ1n) is 8.47. The second-order valence-electron chi connectivity index (χ2n) is 6.67. The molecule has 26 heavy (non-hydrogen) atoms. The van der Waals surface area contributed by atoms with Gasteiger partial charge in [-0.1, -0.05) is 60.7 Å². The fourth-order valence-corrected chi connectivity index (χ4v) is 6.20. The summed E-state index contributed by atoms with van der Waals surface area (Å²) in [7, 11) is -3.54. The van der Waals surface area contributed by atoms with Crippen molar-refractivity contribution in [3.63, 3.8) is 0 Å². The van der Waals surface area contributed by atoms with Crippen LogP contribution < -0.4 is 0 Å². The highest BCUT2D eigenvalue weighted by Crippen LogP contribution is 2.51. The number of hydrogen-bond acceptors (Lipinski definition) is 2. The maximum atomic E-state index is 13.3. The lowest BCUT2D eigenvalue weighted by molar-refractivity contribution is 0.599. The Labute approximate surface area is 149 Å². The highest BCUT2D eigenvalue weighted by Gasteiger charge is 2.37. The first-order chi connectivity index (χ1) is 12.7. The van der Waals surface area contributed by atoms with Crippen molar-refractivity contribution in [1.29, 1.82) is 0 Å². The van der Waals surface area contributed by atoms with Crippen LogP contribution >= 0.6 is 0 Å². The van der Waals surface area contributed by atoms with Crippen LogP contribution in [0.15, 0.2) is 82.6 Å². The zero-order valence-corrected chi connectivity index (χ0v) is 14.5. The van der Waals surface area contributed by atoms with Gasteiger partial charge in [0.15, 0.2) is 0 Å². The Morgan fingerprint density at radius 1 is 0.692 bits per heavy atom. The van der Waals surface area contributed by atoms with Gasteiger partial charge in [-0.3, -0.25) is 0 Å². The van der Waals surface area contributed by atoms with Gasteiger partial charge in [-0.15, -0.1) is 0 Å². The van der Waals surface area contributed by atoms with E-state index in [0.717, 1.165) is 43.7 Å². The summed E-state index contributed by atoms with van der Waals surface area (Å²) in [6.45, 7) is 0. The van der Waals surface area contributed by atoms with Crippen LogP contribution in [-0.2, 0) is 9.84 Å². The summed E-state index contributed by atoms with van der Waals surface area (Å²) < 4.78 is 26.7. The van der Waals surface area contributed by atoms with Crippen LogP contribution in [-0.4, -0.2) is 13.4 Å². The van der Waals surface area contributed by atoms with Gasteiger partial charge in [0.1, 0.15) is 0 Å². The summed E-state index contributed by atoms with van der Waals surface area (Å²) in [6, 6.07) is 23.2. The molecule has 0 saturated carbocycles. The maximum absolute atomic E-state index is 13.3. The lowest BCUT2D eigenvalue weighted by Gasteiger charge is -2.08. The fraction of sp³-hybridized carbons (Fsp3) is 0. The van der Waals surface area contributed by atoms with Gasteiger partial charge in [0.2, 0.25) is 9.84 Å². The molecule has 0 spiro atoms. The monoisotopic (exact) mass is 355 g/mol. The molecule has 0 radical (unpaired) electrons. The average molecular weight is 355 g/mol. The van der Waals surface area contributed by atoms with E-state index in [9.17, 15) is 8.42 Å². The predicted octanol–water partition coefficient (Wildman–Crippen LogP) is 5.29. The van der Waals surface area contributed by atoms with E-state index in [-0.39, 0.29) is 0 Å². The molecule has 0 amide bonds. The molecular formula is C22H13NO2S. The molecule has 0 fully saturated rings. The number of aromatic nitrogens is 1. The molecule has 0 aliphatic carbocycles. The Kier molecular flexibility index (Phi) is 2.46. The predicted molar refractivity (Wildman–Crippen MR) is 104 cm³/mol. The second kappa shape index (κ2) is 4.54. The molecule has 124 valence electrons. The molecule has 0 bridgehead atoms. The first kappa shape index (κ1) is 14.1. The molecule has 3 nitrogen and oxygen atoms in total. The van der Waals surface area contributed by atoms with Gasteiger partial charge in [-0.2, -0.15) is 0 Å². The third kappa shape index (κ3) is 1.51. The number of benzene rings is 4. The molecule has 1 aliphatic heterocycles. The molecule has 4 aromatic carbocycles. The Morgan fingerprint density at radius 3 is 2.19 bits per heavy atom. The van der Waals surface area contributed by atoms with Crippen molar-refractivity contribution in [3.05, 3.63) is 72.8 Å². The molecule has 0 unspecified atom stereocenters. The van der Waals surface area contributed by atoms with Crippen molar-refractivity contribution in [1.82, 2.24) is 4.98 Å². The van der Waals surface area contributed by atoms with Crippen LogP contribution in [0.4, 0.5) is 0 Å². The van der Waals surface area contributed by atoms with E-state index < -0.39 is 9.84 Å². The Morgan fingerprint density at radius 2 is 1.35 bits per heavy atom. The van der Waals surface area contributed by atoms with E-state index in [2.05, 4.69) is 11.1 Å². The molecule has 2 heterocycles. The standard InChI is InChI=1S/C22H13NO2S/c24-26(25)18-12-6-4-10-16(18)20-21-19(15-9-3-5-11-17(15)23-21)13-7-1-2-8-14(13)22(20)26/h1-12,23H. The lowest BCUT2D eigenvalue weighted by atomic mass is 9.96. The van der Waals surface area contributed by atoms with Crippen molar-refractivity contribution in [2.24, 2.45) is 0 Å².